The van der Waals surface area contributed by atoms with Gasteiger partial charge in [-0.15, -0.1) is 0 Å². The minimum absolute atomic E-state index is 0.0825. The fourth-order valence-corrected chi connectivity index (χ4v) is 3.30. The molecule has 1 saturated heterocycles. The second-order valence-electron chi connectivity index (χ2n) is 4.86. The molecule has 1 aliphatic rings. The van der Waals surface area contributed by atoms with Crippen molar-refractivity contribution in [3.8, 4) is 0 Å². The molecule has 0 aromatic carbocycles. The van der Waals surface area contributed by atoms with Crippen LogP contribution in [-0.4, -0.2) is 27.9 Å². The van der Waals surface area contributed by atoms with Crippen molar-refractivity contribution in [2.45, 2.75) is 45.1 Å². The van der Waals surface area contributed by atoms with E-state index in [0.29, 0.717) is 17.3 Å². The number of hydrogen-bond acceptors (Lipinski definition) is 3. The molecule has 0 aliphatic carbocycles. The van der Waals surface area contributed by atoms with E-state index in [1.165, 1.54) is 11.5 Å². The zero-order chi connectivity index (χ0) is 12.9. The van der Waals surface area contributed by atoms with E-state index in [1.54, 1.807) is 0 Å². The van der Waals surface area contributed by atoms with Crippen molar-refractivity contribution in [1.29, 1.82) is 0 Å². The van der Waals surface area contributed by atoms with Gasteiger partial charge in [-0.1, -0.05) is 19.1 Å². The lowest BCUT2D eigenvalue weighted by Crippen LogP contribution is -2.54. The summed E-state index contributed by atoms with van der Waals surface area (Å²) in [5.41, 5.74) is 5.14. The average Bonchev–Trinajstić information content (AvgIpc) is 2.29. The summed E-state index contributed by atoms with van der Waals surface area (Å²) >= 11 is 6.99. The Morgan fingerprint density at radius 2 is 2.12 bits per heavy atom. The second kappa shape index (κ2) is 6.59. The van der Waals surface area contributed by atoms with Gasteiger partial charge >= 0.3 is 0 Å². The van der Waals surface area contributed by atoms with Crippen LogP contribution in [0.2, 0.25) is 0 Å². The molecule has 0 aromatic rings. The maximum Gasteiger partial charge on any atom is 0.221 e. The van der Waals surface area contributed by atoms with Crippen molar-refractivity contribution >= 4 is 34.9 Å². The second-order valence-corrected chi connectivity index (χ2v) is 6.52. The van der Waals surface area contributed by atoms with Crippen LogP contribution in [-0.2, 0) is 4.79 Å². The predicted octanol–water partition coefficient (Wildman–Crippen LogP) is 2.09. The summed E-state index contributed by atoms with van der Waals surface area (Å²) in [7, 11) is 0. The van der Waals surface area contributed by atoms with E-state index < -0.39 is 5.54 Å². The summed E-state index contributed by atoms with van der Waals surface area (Å²) in [5, 5.41) is 2.98. The highest BCUT2D eigenvalue weighted by atomic mass is 32.2. The SMILES string of the molecule is CCC(C)(NC(=O)CC1CCSCC1)C(N)=S. The number of rotatable bonds is 5. The maximum atomic E-state index is 12.0. The molecule has 0 saturated carbocycles. The standard InChI is InChI=1S/C12H22N2OS2/c1-3-12(2,11(13)16)14-10(15)8-9-4-6-17-7-5-9/h9H,3-8H2,1-2H3,(H2,13,16)(H,14,15). The van der Waals surface area contributed by atoms with Gasteiger partial charge < -0.3 is 11.1 Å². The number of nitrogens with one attached hydrogen (secondary N) is 1. The van der Waals surface area contributed by atoms with Crippen LogP contribution in [0.15, 0.2) is 0 Å². The predicted molar refractivity (Wildman–Crippen MR) is 78.3 cm³/mol. The summed E-state index contributed by atoms with van der Waals surface area (Å²) < 4.78 is 0. The monoisotopic (exact) mass is 274 g/mol. The van der Waals surface area contributed by atoms with Crippen molar-refractivity contribution in [3.05, 3.63) is 0 Å². The third-order valence-electron chi connectivity index (χ3n) is 3.48. The van der Waals surface area contributed by atoms with Gasteiger partial charge in [-0.05, 0) is 43.6 Å². The molecule has 1 rings (SSSR count). The van der Waals surface area contributed by atoms with Crippen molar-refractivity contribution in [1.82, 2.24) is 5.32 Å². The van der Waals surface area contributed by atoms with E-state index in [1.807, 2.05) is 25.6 Å². The Morgan fingerprint density at radius 1 is 1.53 bits per heavy atom. The molecule has 0 radical (unpaired) electrons. The molecule has 1 aliphatic heterocycles. The van der Waals surface area contributed by atoms with E-state index in [2.05, 4.69) is 5.32 Å². The molecular formula is C12H22N2OS2. The van der Waals surface area contributed by atoms with E-state index >= 15 is 0 Å². The highest BCUT2D eigenvalue weighted by molar-refractivity contribution is 7.99. The first kappa shape index (κ1) is 14.8. The van der Waals surface area contributed by atoms with E-state index in [4.69, 9.17) is 18.0 Å². The van der Waals surface area contributed by atoms with E-state index in [0.717, 1.165) is 19.3 Å². The number of carbonyl (C=O) groups is 1. The van der Waals surface area contributed by atoms with Crippen LogP contribution in [0, 0.1) is 5.92 Å². The lowest BCUT2D eigenvalue weighted by Gasteiger charge is -2.29. The van der Waals surface area contributed by atoms with Gasteiger partial charge in [0.15, 0.2) is 0 Å². The lowest BCUT2D eigenvalue weighted by molar-refractivity contribution is -0.123. The molecule has 1 atom stereocenters. The number of nitrogens with two attached hydrogens (primary N) is 1. The van der Waals surface area contributed by atoms with Crippen LogP contribution in [0.1, 0.15) is 39.5 Å². The Balaban J connectivity index is 2.44. The quantitative estimate of drug-likeness (QED) is 0.754. The molecule has 3 nitrogen and oxygen atoms in total. The third-order valence-corrected chi connectivity index (χ3v) is 4.98. The molecule has 17 heavy (non-hydrogen) atoms. The fraction of sp³-hybridized carbons (Fsp3) is 0.833. The first-order chi connectivity index (χ1) is 7.98. The molecule has 1 heterocycles. The maximum absolute atomic E-state index is 12.0. The largest absolute Gasteiger partial charge is 0.391 e. The van der Waals surface area contributed by atoms with Gasteiger partial charge in [0.05, 0.1) is 10.5 Å². The van der Waals surface area contributed by atoms with Gasteiger partial charge in [-0.25, -0.2) is 0 Å². The highest BCUT2D eigenvalue weighted by Crippen LogP contribution is 2.25. The minimum Gasteiger partial charge on any atom is -0.391 e. The minimum atomic E-state index is -0.532. The Labute approximate surface area is 113 Å². The van der Waals surface area contributed by atoms with E-state index in [-0.39, 0.29) is 5.91 Å². The van der Waals surface area contributed by atoms with Crippen LogP contribution in [0.5, 0.6) is 0 Å². The summed E-state index contributed by atoms with van der Waals surface area (Å²) in [4.78, 5) is 12.3. The normalized spacial score (nSPS) is 20.6. The Kier molecular flexibility index (Phi) is 5.73. The van der Waals surface area contributed by atoms with Gasteiger partial charge in [-0.2, -0.15) is 11.8 Å². The van der Waals surface area contributed by atoms with Gasteiger partial charge in [-0.3, -0.25) is 4.79 Å². The summed E-state index contributed by atoms with van der Waals surface area (Å²) in [5.74, 6) is 2.97. The third kappa shape index (κ3) is 4.47. The van der Waals surface area contributed by atoms with Crippen molar-refractivity contribution in [2.24, 2.45) is 11.7 Å². The van der Waals surface area contributed by atoms with Crippen molar-refractivity contribution in [3.63, 3.8) is 0 Å². The average molecular weight is 274 g/mol. The van der Waals surface area contributed by atoms with Crippen LogP contribution in [0.3, 0.4) is 0 Å². The van der Waals surface area contributed by atoms with Crippen LogP contribution in [0.4, 0.5) is 0 Å². The first-order valence-electron chi connectivity index (χ1n) is 6.16. The molecule has 3 N–H and O–H groups in total. The Morgan fingerprint density at radius 3 is 2.59 bits per heavy atom. The van der Waals surface area contributed by atoms with E-state index in [9.17, 15) is 4.79 Å². The number of thioether (sulfide) groups is 1. The molecule has 98 valence electrons. The molecule has 0 spiro atoms. The smallest absolute Gasteiger partial charge is 0.221 e. The summed E-state index contributed by atoms with van der Waals surface area (Å²) in [6.07, 6.45) is 3.63. The molecule has 1 unspecified atom stereocenters. The molecule has 0 aromatic heterocycles. The Bertz CT molecular complexity index is 290. The number of thiocarbonyl (C=S) groups is 1. The zero-order valence-corrected chi connectivity index (χ0v) is 12.3. The Hall–Kier alpha value is -0.290. The van der Waals surface area contributed by atoms with Crippen molar-refractivity contribution < 1.29 is 4.79 Å². The van der Waals surface area contributed by atoms with Crippen LogP contribution < -0.4 is 11.1 Å². The first-order valence-corrected chi connectivity index (χ1v) is 7.73. The fourth-order valence-electron chi connectivity index (χ4n) is 1.90. The lowest BCUT2D eigenvalue weighted by atomic mass is 9.95. The summed E-state index contributed by atoms with van der Waals surface area (Å²) in [6.45, 7) is 3.88. The van der Waals surface area contributed by atoms with Crippen molar-refractivity contribution in [2.75, 3.05) is 11.5 Å². The molecule has 1 fully saturated rings. The number of carbonyl (C=O) groups excluding carboxylic acids is 1. The van der Waals surface area contributed by atoms with Crippen LogP contribution in [0.25, 0.3) is 0 Å². The molecule has 5 heteroatoms. The molecular weight excluding hydrogens is 252 g/mol. The molecule has 1 amide bonds. The highest BCUT2D eigenvalue weighted by Gasteiger charge is 2.28. The summed E-state index contributed by atoms with van der Waals surface area (Å²) in [6, 6.07) is 0. The molecule has 0 bridgehead atoms. The van der Waals surface area contributed by atoms with Gasteiger partial charge in [0, 0.05) is 6.42 Å². The van der Waals surface area contributed by atoms with Gasteiger partial charge in [0.2, 0.25) is 5.91 Å². The van der Waals surface area contributed by atoms with Crippen LogP contribution >= 0.6 is 24.0 Å². The van der Waals surface area contributed by atoms with Gasteiger partial charge in [0.1, 0.15) is 0 Å². The topological polar surface area (TPSA) is 55.1 Å². The number of amides is 1. The zero-order valence-electron chi connectivity index (χ0n) is 10.6. The number of hydrogen-bond donors (Lipinski definition) is 2. The van der Waals surface area contributed by atoms with Gasteiger partial charge in [0.25, 0.3) is 0 Å².